The van der Waals surface area contributed by atoms with Crippen molar-refractivity contribution in [1.29, 1.82) is 0 Å². The standard InChI is InChI=1S/C23H24O2/c1-19(10-8-15-20-11-4-2-5-12-20)23(25)22(18-24)17-9-16-21-13-6-3-7-14-21/h2-9,11-16,18-19,22H,10,17H2,1H3/b15-8+,16-9+. The van der Waals surface area contributed by atoms with Crippen LogP contribution >= 0.6 is 0 Å². The second-order valence-electron chi connectivity index (χ2n) is 6.14. The summed E-state index contributed by atoms with van der Waals surface area (Å²) in [5, 5.41) is 0. The molecular formula is C23H24O2. The van der Waals surface area contributed by atoms with Gasteiger partial charge in [0.25, 0.3) is 0 Å². The Morgan fingerprint density at radius 3 is 1.80 bits per heavy atom. The number of aldehydes is 1. The monoisotopic (exact) mass is 332 g/mol. The first-order valence-corrected chi connectivity index (χ1v) is 8.63. The summed E-state index contributed by atoms with van der Waals surface area (Å²) in [6.07, 6.45) is 9.72. The topological polar surface area (TPSA) is 34.1 Å². The zero-order chi connectivity index (χ0) is 17.9. The molecule has 2 aromatic rings. The molecule has 0 spiro atoms. The molecule has 0 aromatic heterocycles. The van der Waals surface area contributed by atoms with Gasteiger partial charge in [-0.2, -0.15) is 0 Å². The van der Waals surface area contributed by atoms with Crippen molar-refractivity contribution < 1.29 is 9.59 Å². The summed E-state index contributed by atoms with van der Waals surface area (Å²) < 4.78 is 0. The van der Waals surface area contributed by atoms with Crippen molar-refractivity contribution in [2.45, 2.75) is 19.8 Å². The number of rotatable bonds is 9. The summed E-state index contributed by atoms with van der Waals surface area (Å²) in [5.74, 6) is -0.731. The van der Waals surface area contributed by atoms with Gasteiger partial charge in [0.05, 0.1) is 5.92 Å². The molecule has 0 N–H and O–H groups in total. The van der Waals surface area contributed by atoms with Gasteiger partial charge in [-0.3, -0.25) is 4.79 Å². The molecule has 0 amide bonds. The maximum atomic E-state index is 12.5. The molecule has 2 heteroatoms. The Morgan fingerprint density at radius 2 is 1.32 bits per heavy atom. The van der Waals surface area contributed by atoms with Crippen LogP contribution in [-0.4, -0.2) is 12.1 Å². The van der Waals surface area contributed by atoms with E-state index in [0.29, 0.717) is 12.8 Å². The molecule has 0 bridgehead atoms. The Bertz CT molecular complexity index is 714. The quantitative estimate of drug-likeness (QED) is 0.466. The number of benzene rings is 2. The Hall–Kier alpha value is -2.74. The number of ketones is 1. The van der Waals surface area contributed by atoms with Gasteiger partial charge in [0.1, 0.15) is 12.1 Å². The first-order valence-electron chi connectivity index (χ1n) is 8.63. The van der Waals surface area contributed by atoms with E-state index in [4.69, 9.17) is 0 Å². The average molecular weight is 332 g/mol. The largest absolute Gasteiger partial charge is 0.303 e. The molecule has 2 unspecified atom stereocenters. The van der Waals surface area contributed by atoms with E-state index in [1.54, 1.807) is 0 Å². The third kappa shape index (κ3) is 6.34. The van der Waals surface area contributed by atoms with Crippen LogP contribution in [0.5, 0.6) is 0 Å². The number of hydrogen-bond acceptors (Lipinski definition) is 2. The lowest BCUT2D eigenvalue weighted by molar-refractivity contribution is -0.129. The summed E-state index contributed by atoms with van der Waals surface area (Å²) in [6.45, 7) is 1.88. The molecule has 128 valence electrons. The average Bonchev–Trinajstić information content (AvgIpc) is 2.66. The lowest BCUT2D eigenvalue weighted by atomic mass is 9.90. The van der Waals surface area contributed by atoms with Crippen molar-refractivity contribution in [2.75, 3.05) is 0 Å². The van der Waals surface area contributed by atoms with Crippen LogP contribution in [0.2, 0.25) is 0 Å². The van der Waals surface area contributed by atoms with Crippen LogP contribution in [0.3, 0.4) is 0 Å². The molecule has 0 radical (unpaired) electrons. The van der Waals surface area contributed by atoms with Crippen LogP contribution in [0.4, 0.5) is 0 Å². The number of allylic oxidation sites excluding steroid dienone is 2. The van der Waals surface area contributed by atoms with Gasteiger partial charge >= 0.3 is 0 Å². The third-order valence-corrected chi connectivity index (χ3v) is 4.11. The Balaban J connectivity index is 1.86. The minimum Gasteiger partial charge on any atom is -0.303 e. The summed E-state index contributed by atoms with van der Waals surface area (Å²) in [4.78, 5) is 23.8. The van der Waals surface area contributed by atoms with E-state index < -0.39 is 5.92 Å². The molecule has 25 heavy (non-hydrogen) atoms. The van der Waals surface area contributed by atoms with Crippen LogP contribution < -0.4 is 0 Å². The molecule has 2 nitrogen and oxygen atoms in total. The number of carbonyl (C=O) groups is 2. The summed E-state index contributed by atoms with van der Waals surface area (Å²) in [7, 11) is 0. The van der Waals surface area contributed by atoms with Crippen LogP contribution in [0, 0.1) is 11.8 Å². The highest BCUT2D eigenvalue weighted by molar-refractivity contribution is 5.94. The number of carbonyl (C=O) groups excluding carboxylic acids is 2. The Labute approximate surface area is 149 Å². The minimum absolute atomic E-state index is 0.00502. The van der Waals surface area contributed by atoms with Crippen LogP contribution in [0.25, 0.3) is 12.2 Å². The zero-order valence-corrected chi connectivity index (χ0v) is 14.5. The van der Waals surface area contributed by atoms with E-state index in [2.05, 4.69) is 0 Å². The first-order chi connectivity index (χ1) is 12.2. The summed E-state index contributed by atoms with van der Waals surface area (Å²) in [6, 6.07) is 19.8. The van der Waals surface area contributed by atoms with E-state index in [1.165, 1.54) is 0 Å². The molecule has 0 fully saturated rings. The Morgan fingerprint density at radius 1 is 0.840 bits per heavy atom. The predicted molar refractivity (Wildman–Crippen MR) is 104 cm³/mol. The van der Waals surface area contributed by atoms with Crippen molar-refractivity contribution in [3.05, 3.63) is 83.9 Å². The molecule has 0 saturated carbocycles. The van der Waals surface area contributed by atoms with Crippen molar-refractivity contribution in [3.63, 3.8) is 0 Å². The van der Waals surface area contributed by atoms with Gasteiger partial charge in [0, 0.05) is 5.92 Å². The molecule has 0 heterocycles. The van der Waals surface area contributed by atoms with Gasteiger partial charge in [-0.25, -0.2) is 0 Å². The fourth-order valence-corrected chi connectivity index (χ4v) is 2.61. The fourth-order valence-electron chi connectivity index (χ4n) is 2.61. The van der Waals surface area contributed by atoms with Crippen LogP contribution in [0.1, 0.15) is 30.9 Å². The van der Waals surface area contributed by atoms with Gasteiger partial charge < -0.3 is 4.79 Å². The van der Waals surface area contributed by atoms with E-state index in [0.717, 1.165) is 17.4 Å². The second-order valence-corrected chi connectivity index (χ2v) is 6.14. The maximum absolute atomic E-state index is 12.5. The zero-order valence-electron chi connectivity index (χ0n) is 14.5. The highest BCUT2D eigenvalue weighted by atomic mass is 16.1. The second kappa shape index (κ2) is 10.2. The van der Waals surface area contributed by atoms with Gasteiger partial charge in [-0.1, -0.05) is 91.9 Å². The Kier molecular flexibility index (Phi) is 7.58. The number of hydrogen-bond donors (Lipinski definition) is 0. The molecule has 0 aliphatic heterocycles. The van der Waals surface area contributed by atoms with Crippen molar-refractivity contribution in [3.8, 4) is 0 Å². The van der Waals surface area contributed by atoms with Gasteiger partial charge in [0.15, 0.2) is 0 Å². The highest BCUT2D eigenvalue weighted by Gasteiger charge is 2.21. The van der Waals surface area contributed by atoms with E-state index in [1.807, 2.05) is 91.9 Å². The predicted octanol–water partition coefficient (Wildman–Crippen LogP) is 5.21. The van der Waals surface area contributed by atoms with Gasteiger partial charge in [-0.15, -0.1) is 0 Å². The fraction of sp³-hybridized carbons (Fsp3) is 0.217. The normalized spacial score (nSPS) is 13.8. The third-order valence-electron chi connectivity index (χ3n) is 4.11. The molecule has 0 saturated heterocycles. The summed E-state index contributed by atoms with van der Waals surface area (Å²) in [5.41, 5.74) is 2.18. The molecular weight excluding hydrogens is 308 g/mol. The lowest BCUT2D eigenvalue weighted by Gasteiger charge is -2.12. The maximum Gasteiger partial charge on any atom is 0.146 e. The minimum atomic E-state index is -0.569. The van der Waals surface area contributed by atoms with E-state index in [-0.39, 0.29) is 11.7 Å². The van der Waals surface area contributed by atoms with Crippen molar-refractivity contribution in [1.82, 2.24) is 0 Å². The smallest absolute Gasteiger partial charge is 0.146 e. The molecule has 0 aliphatic carbocycles. The molecule has 2 rings (SSSR count). The van der Waals surface area contributed by atoms with Crippen LogP contribution in [-0.2, 0) is 9.59 Å². The highest BCUT2D eigenvalue weighted by Crippen LogP contribution is 2.16. The van der Waals surface area contributed by atoms with Gasteiger partial charge in [0.2, 0.25) is 0 Å². The molecule has 0 aliphatic rings. The first kappa shape index (κ1) is 18.6. The lowest BCUT2D eigenvalue weighted by Crippen LogP contribution is -2.22. The molecule has 2 atom stereocenters. The SMILES string of the molecule is CC(C/C=C/c1ccccc1)C(=O)C(C=O)C/C=C/c1ccccc1. The van der Waals surface area contributed by atoms with Crippen LogP contribution in [0.15, 0.2) is 72.8 Å². The van der Waals surface area contributed by atoms with E-state index in [9.17, 15) is 9.59 Å². The molecule has 2 aromatic carbocycles. The summed E-state index contributed by atoms with van der Waals surface area (Å²) >= 11 is 0. The van der Waals surface area contributed by atoms with E-state index >= 15 is 0 Å². The van der Waals surface area contributed by atoms with Crippen molar-refractivity contribution >= 4 is 24.2 Å². The van der Waals surface area contributed by atoms with Gasteiger partial charge in [-0.05, 0) is 24.0 Å². The number of Topliss-reactive ketones (excluding diaryl/α,β-unsaturated/α-hetero) is 1. The van der Waals surface area contributed by atoms with Crippen molar-refractivity contribution in [2.24, 2.45) is 11.8 Å².